The molecule has 0 aliphatic carbocycles. The Bertz CT molecular complexity index is 252. The highest BCUT2D eigenvalue weighted by Gasteiger charge is 1.99. The number of pyridine rings is 1. The molecule has 0 radical (unpaired) electrons. The maximum atomic E-state index is 8.67. The predicted molar refractivity (Wildman–Crippen MR) is 49.0 cm³/mol. The molecule has 3 N–H and O–H groups in total. The van der Waals surface area contributed by atoms with Gasteiger partial charge in [-0.3, -0.25) is 4.98 Å². The van der Waals surface area contributed by atoms with Gasteiger partial charge in [0.05, 0.1) is 24.2 Å². The Morgan fingerprint density at radius 1 is 1.58 bits per heavy atom. The number of hydrogen-bond donors (Lipinski definition) is 2. The monoisotopic (exact) mass is 167 g/mol. The van der Waals surface area contributed by atoms with Crippen LogP contribution in [0.5, 0.6) is 0 Å². The topological polar surface area (TPSA) is 62.4 Å². The van der Waals surface area contributed by atoms with Crippen molar-refractivity contribution in [1.82, 2.24) is 4.98 Å². The summed E-state index contributed by atoms with van der Waals surface area (Å²) in [6.07, 6.45) is 3.31. The third-order valence-corrected chi connectivity index (χ3v) is 1.62. The lowest BCUT2D eigenvalue weighted by Gasteiger charge is -2.17. The zero-order valence-electron chi connectivity index (χ0n) is 7.07. The molecule has 1 aromatic rings. The molecule has 0 saturated heterocycles. The van der Waals surface area contributed by atoms with Crippen molar-refractivity contribution < 1.29 is 5.11 Å². The fourth-order valence-corrected chi connectivity index (χ4v) is 0.933. The van der Waals surface area contributed by atoms with Gasteiger partial charge in [0, 0.05) is 19.8 Å². The van der Waals surface area contributed by atoms with Gasteiger partial charge in [-0.2, -0.15) is 0 Å². The number of nitrogen functional groups attached to an aromatic ring is 1. The molecule has 0 fully saturated rings. The minimum absolute atomic E-state index is 0.130. The Labute approximate surface area is 71.6 Å². The maximum absolute atomic E-state index is 8.67. The van der Waals surface area contributed by atoms with Crippen LogP contribution < -0.4 is 10.6 Å². The van der Waals surface area contributed by atoms with E-state index in [9.17, 15) is 0 Å². The number of aliphatic hydroxyl groups is 1. The highest BCUT2D eigenvalue weighted by atomic mass is 16.3. The van der Waals surface area contributed by atoms with Crippen LogP contribution in [0.1, 0.15) is 0 Å². The number of anilines is 2. The fourth-order valence-electron chi connectivity index (χ4n) is 0.933. The molecule has 0 atom stereocenters. The molecule has 1 rings (SSSR count). The standard InChI is InChI=1S/C8H13N3O/c1-11(2-3-12)8-4-7(9)5-10-6-8/h4-6,12H,2-3,9H2,1H3. The molecular formula is C8H13N3O. The van der Waals surface area contributed by atoms with Crippen molar-refractivity contribution in [2.45, 2.75) is 0 Å². The van der Waals surface area contributed by atoms with E-state index >= 15 is 0 Å². The molecule has 4 heteroatoms. The minimum atomic E-state index is 0.130. The highest BCUT2D eigenvalue weighted by Crippen LogP contribution is 2.12. The number of nitrogens with two attached hydrogens (primary N) is 1. The predicted octanol–water partition coefficient (Wildman–Crippen LogP) is 0.0923. The molecule has 1 aromatic heterocycles. The van der Waals surface area contributed by atoms with E-state index in [-0.39, 0.29) is 6.61 Å². The first-order valence-corrected chi connectivity index (χ1v) is 3.76. The average molecular weight is 167 g/mol. The van der Waals surface area contributed by atoms with E-state index < -0.39 is 0 Å². The van der Waals surface area contributed by atoms with Crippen LogP contribution in [0.3, 0.4) is 0 Å². The molecule has 0 amide bonds. The number of nitrogens with zero attached hydrogens (tertiary/aromatic N) is 2. The fraction of sp³-hybridized carbons (Fsp3) is 0.375. The molecular weight excluding hydrogens is 154 g/mol. The summed E-state index contributed by atoms with van der Waals surface area (Å²) in [5.41, 5.74) is 7.10. The average Bonchev–Trinajstić information content (AvgIpc) is 2.05. The third kappa shape index (κ3) is 2.10. The van der Waals surface area contributed by atoms with E-state index in [1.54, 1.807) is 12.4 Å². The van der Waals surface area contributed by atoms with Gasteiger partial charge in [-0.1, -0.05) is 0 Å². The van der Waals surface area contributed by atoms with E-state index in [4.69, 9.17) is 10.8 Å². The molecule has 0 unspecified atom stereocenters. The third-order valence-electron chi connectivity index (χ3n) is 1.62. The van der Waals surface area contributed by atoms with Crippen molar-refractivity contribution in [1.29, 1.82) is 0 Å². The Hall–Kier alpha value is -1.29. The van der Waals surface area contributed by atoms with Crippen molar-refractivity contribution in [3.05, 3.63) is 18.5 Å². The van der Waals surface area contributed by atoms with Gasteiger partial charge in [0.1, 0.15) is 0 Å². The van der Waals surface area contributed by atoms with Crippen LogP contribution in [0, 0.1) is 0 Å². The Morgan fingerprint density at radius 2 is 2.33 bits per heavy atom. The maximum Gasteiger partial charge on any atom is 0.0606 e. The van der Waals surface area contributed by atoms with Crippen molar-refractivity contribution in [3.63, 3.8) is 0 Å². The zero-order valence-corrected chi connectivity index (χ0v) is 7.07. The van der Waals surface area contributed by atoms with Crippen LogP contribution >= 0.6 is 0 Å². The second-order valence-corrected chi connectivity index (χ2v) is 2.62. The summed E-state index contributed by atoms with van der Waals surface area (Å²) in [5, 5.41) is 8.67. The van der Waals surface area contributed by atoms with Gasteiger partial charge in [0.25, 0.3) is 0 Å². The lowest BCUT2D eigenvalue weighted by atomic mass is 10.3. The van der Waals surface area contributed by atoms with E-state index in [0.717, 1.165) is 5.69 Å². The smallest absolute Gasteiger partial charge is 0.0606 e. The number of aliphatic hydroxyl groups excluding tert-OH is 1. The molecule has 0 bridgehead atoms. The summed E-state index contributed by atoms with van der Waals surface area (Å²) in [5.74, 6) is 0. The van der Waals surface area contributed by atoms with Crippen molar-refractivity contribution in [2.75, 3.05) is 30.8 Å². The molecule has 1 heterocycles. The second kappa shape index (κ2) is 3.92. The molecule has 0 spiro atoms. The van der Waals surface area contributed by atoms with Crippen LogP contribution in [-0.4, -0.2) is 30.3 Å². The van der Waals surface area contributed by atoms with Gasteiger partial charge in [-0.25, -0.2) is 0 Å². The van der Waals surface area contributed by atoms with E-state index in [1.165, 1.54) is 0 Å². The first-order chi connectivity index (χ1) is 5.74. The molecule has 66 valence electrons. The van der Waals surface area contributed by atoms with Crippen LogP contribution in [0.2, 0.25) is 0 Å². The number of aromatic nitrogens is 1. The lowest BCUT2D eigenvalue weighted by molar-refractivity contribution is 0.304. The van der Waals surface area contributed by atoms with Gasteiger partial charge < -0.3 is 15.7 Å². The summed E-state index contributed by atoms with van der Waals surface area (Å²) >= 11 is 0. The summed E-state index contributed by atoms with van der Waals surface area (Å²) in [6.45, 7) is 0.719. The largest absolute Gasteiger partial charge is 0.397 e. The first-order valence-electron chi connectivity index (χ1n) is 3.76. The molecule has 0 aliphatic rings. The van der Waals surface area contributed by atoms with Crippen molar-refractivity contribution >= 4 is 11.4 Å². The van der Waals surface area contributed by atoms with Crippen LogP contribution in [0.4, 0.5) is 11.4 Å². The van der Waals surface area contributed by atoms with Crippen molar-refractivity contribution in [3.8, 4) is 0 Å². The van der Waals surface area contributed by atoms with Crippen molar-refractivity contribution in [2.24, 2.45) is 0 Å². The van der Waals surface area contributed by atoms with Crippen LogP contribution in [-0.2, 0) is 0 Å². The Morgan fingerprint density at radius 3 is 2.92 bits per heavy atom. The molecule has 0 aliphatic heterocycles. The molecule has 0 saturated carbocycles. The summed E-state index contributed by atoms with van der Waals surface area (Å²) in [7, 11) is 1.88. The summed E-state index contributed by atoms with van der Waals surface area (Å²) < 4.78 is 0. The van der Waals surface area contributed by atoms with Gasteiger partial charge in [0.15, 0.2) is 0 Å². The highest BCUT2D eigenvalue weighted by molar-refractivity contribution is 5.52. The molecule has 0 aromatic carbocycles. The normalized spacial score (nSPS) is 9.83. The van der Waals surface area contributed by atoms with Gasteiger partial charge in [0.2, 0.25) is 0 Å². The lowest BCUT2D eigenvalue weighted by Crippen LogP contribution is -2.21. The first kappa shape index (κ1) is 8.80. The van der Waals surface area contributed by atoms with Gasteiger partial charge in [-0.15, -0.1) is 0 Å². The van der Waals surface area contributed by atoms with Gasteiger partial charge >= 0.3 is 0 Å². The minimum Gasteiger partial charge on any atom is -0.397 e. The quantitative estimate of drug-likeness (QED) is 0.670. The summed E-state index contributed by atoms with van der Waals surface area (Å²) in [4.78, 5) is 5.83. The molecule has 4 nitrogen and oxygen atoms in total. The molecule has 12 heavy (non-hydrogen) atoms. The summed E-state index contributed by atoms with van der Waals surface area (Å²) in [6, 6.07) is 1.82. The van der Waals surface area contributed by atoms with Gasteiger partial charge in [-0.05, 0) is 6.07 Å². The van der Waals surface area contributed by atoms with E-state index in [2.05, 4.69) is 4.98 Å². The van der Waals surface area contributed by atoms with E-state index in [1.807, 2.05) is 18.0 Å². The second-order valence-electron chi connectivity index (χ2n) is 2.62. The van der Waals surface area contributed by atoms with Crippen LogP contribution in [0.25, 0.3) is 0 Å². The number of likely N-dealkylation sites (N-methyl/N-ethyl adjacent to an activating group) is 1. The zero-order chi connectivity index (χ0) is 8.97. The number of hydrogen-bond acceptors (Lipinski definition) is 4. The SMILES string of the molecule is CN(CCO)c1cncc(N)c1. The number of rotatable bonds is 3. The Balaban J connectivity index is 2.73. The Kier molecular flexibility index (Phi) is 2.88. The van der Waals surface area contributed by atoms with E-state index in [0.29, 0.717) is 12.2 Å². The van der Waals surface area contributed by atoms with Crippen LogP contribution in [0.15, 0.2) is 18.5 Å².